The van der Waals surface area contributed by atoms with Gasteiger partial charge in [0.15, 0.2) is 0 Å². The molecule has 2 nitrogen and oxygen atoms in total. The summed E-state index contributed by atoms with van der Waals surface area (Å²) in [5.41, 5.74) is 5.57. The number of alkyl halides is 3. The first-order valence-electron chi connectivity index (χ1n) is 6.99. The maximum Gasteiger partial charge on any atom is 0.416 e. The van der Waals surface area contributed by atoms with Crippen LogP contribution in [0, 0.1) is 11.8 Å². The lowest BCUT2D eigenvalue weighted by atomic mass is 9.87. The molecule has 1 aliphatic rings. The minimum Gasteiger partial charge on any atom is -0.330 e. The second-order valence-electron chi connectivity index (χ2n) is 5.65. The number of hydrogen-bond acceptors (Lipinski definition) is 2. The first kappa shape index (κ1) is 15.3. The minimum atomic E-state index is -4.28. The topological polar surface area (TPSA) is 29.3 Å². The van der Waals surface area contributed by atoms with Gasteiger partial charge in [-0.25, -0.2) is 0 Å². The zero-order valence-corrected chi connectivity index (χ0v) is 11.7. The number of benzene rings is 1. The number of rotatable bonds is 3. The third-order valence-electron chi connectivity index (χ3n) is 4.22. The monoisotopic (exact) mass is 286 g/mol. The van der Waals surface area contributed by atoms with E-state index < -0.39 is 11.7 Å². The number of likely N-dealkylation sites (tertiary alicyclic amines) is 1. The van der Waals surface area contributed by atoms with E-state index >= 15 is 0 Å². The molecule has 2 atom stereocenters. The van der Waals surface area contributed by atoms with Gasteiger partial charge in [0.25, 0.3) is 0 Å². The van der Waals surface area contributed by atoms with Crippen LogP contribution in [0.1, 0.15) is 24.5 Å². The van der Waals surface area contributed by atoms with Gasteiger partial charge in [-0.3, -0.25) is 4.90 Å². The van der Waals surface area contributed by atoms with E-state index in [2.05, 4.69) is 11.8 Å². The van der Waals surface area contributed by atoms with Crippen LogP contribution < -0.4 is 5.73 Å². The summed E-state index contributed by atoms with van der Waals surface area (Å²) in [5, 5.41) is 0. The Labute approximate surface area is 117 Å². The Balaban J connectivity index is 2.11. The molecule has 20 heavy (non-hydrogen) atoms. The van der Waals surface area contributed by atoms with Crippen molar-refractivity contribution in [3.8, 4) is 0 Å². The van der Waals surface area contributed by atoms with E-state index in [0.29, 0.717) is 30.5 Å². The molecule has 0 amide bonds. The fourth-order valence-electron chi connectivity index (χ4n) is 2.85. The number of nitrogens with two attached hydrogens (primary N) is 1. The Bertz CT molecular complexity index is 445. The quantitative estimate of drug-likeness (QED) is 0.925. The van der Waals surface area contributed by atoms with Crippen LogP contribution in [0.3, 0.4) is 0 Å². The summed E-state index contributed by atoms with van der Waals surface area (Å²) < 4.78 is 38.9. The predicted molar refractivity (Wildman–Crippen MR) is 73.0 cm³/mol. The zero-order chi connectivity index (χ0) is 14.8. The van der Waals surface area contributed by atoms with Crippen molar-refractivity contribution in [2.45, 2.75) is 26.1 Å². The van der Waals surface area contributed by atoms with Crippen LogP contribution in [0.2, 0.25) is 0 Å². The maximum atomic E-state index is 13.0. The fourth-order valence-corrected chi connectivity index (χ4v) is 2.85. The molecule has 5 heteroatoms. The summed E-state index contributed by atoms with van der Waals surface area (Å²) in [6.45, 7) is 4.73. The van der Waals surface area contributed by atoms with E-state index in [4.69, 9.17) is 5.73 Å². The highest BCUT2D eigenvalue weighted by Gasteiger charge is 2.34. The summed E-state index contributed by atoms with van der Waals surface area (Å²) in [6.07, 6.45) is -3.29. The van der Waals surface area contributed by atoms with Crippen LogP contribution in [0.5, 0.6) is 0 Å². The van der Waals surface area contributed by atoms with Gasteiger partial charge in [0.05, 0.1) is 5.56 Å². The van der Waals surface area contributed by atoms with Crippen molar-refractivity contribution in [1.82, 2.24) is 4.90 Å². The van der Waals surface area contributed by atoms with Crippen LogP contribution in [0.4, 0.5) is 13.2 Å². The molecule has 0 aliphatic carbocycles. The van der Waals surface area contributed by atoms with Gasteiger partial charge in [0.1, 0.15) is 0 Å². The minimum absolute atomic E-state index is 0.346. The summed E-state index contributed by atoms with van der Waals surface area (Å²) in [5.74, 6) is 0.927. The largest absolute Gasteiger partial charge is 0.416 e. The smallest absolute Gasteiger partial charge is 0.330 e. The maximum absolute atomic E-state index is 13.0. The Hall–Kier alpha value is -1.07. The highest BCUT2D eigenvalue weighted by molar-refractivity contribution is 5.29. The standard InChI is InChI=1S/C15H21F3N2/c1-11-6-7-20(10-13(11)8-19)9-12-4-2-3-5-14(12)15(16,17)18/h2-5,11,13H,6-10,19H2,1H3. The molecule has 1 aromatic carbocycles. The summed E-state index contributed by atoms with van der Waals surface area (Å²) in [4.78, 5) is 2.09. The van der Waals surface area contributed by atoms with Crippen molar-refractivity contribution in [2.75, 3.05) is 19.6 Å². The predicted octanol–water partition coefficient (Wildman–Crippen LogP) is 3.12. The molecule has 0 bridgehead atoms. The fraction of sp³-hybridized carbons (Fsp3) is 0.600. The van der Waals surface area contributed by atoms with E-state index in [9.17, 15) is 13.2 Å². The Kier molecular flexibility index (Phi) is 4.70. The lowest BCUT2D eigenvalue weighted by Gasteiger charge is -2.36. The molecule has 1 aromatic rings. The molecule has 2 N–H and O–H groups in total. The molecule has 1 aliphatic heterocycles. The zero-order valence-electron chi connectivity index (χ0n) is 11.7. The SMILES string of the molecule is CC1CCN(Cc2ccccc2C(F)(F)F)CC1CN. The summed E-state index contributed by atoms with van der Waals surface area (Å²) in [7, 11) is 0. The summed E-state index contributed by atoms with van der Waals surface area (Å²) >= 11 is 0. The molecular formula is C15H21F3N2. The van der Waals surface area contributed by atoms with Gasteiger partial charge in [-0.15, -0.1) is 0 Å². The molecule has 0 saturated carbocycles. The molecule has 2 rings (SSSR count). The first-order chi connectivity index (χ1) is 9.41. The van der Waals surface area contributed by atoms with Crippen LogP contribution in [0.25, 0.3) is 0 Å². The van der Waals surface area contributed by atoms with Gasteiger partial charge in [-0.05, 0) is 43.0 Å². The highest BCUT2D eigenvalue weighted by atomic mass is 19.4. The van der Waals surface area contributed by atoms with Gasteiger partial charge < -0.3 is 5.73 Å². The number of halogens is 3. The van der Waals surface area contributed by atoms with E-state index in [1.807, 2.05) is 0 Å². The van der Waals surface area contributed by atoms with Gasteiger partial charge in [0, 0.05) is 13.1 Å². The highest BCUT2D eigenvalue weighted by Crippen LogP contribution is 2.33. The Morgan fingerprint density at radius 3 is 2.65 bits per heavy atom. The number of piperidine rings is 1. The van der Waals surface area contributed by atoms with E-state index in [1.165, 1.54) is 6.07 Å². The molecule has 1 saturated heterocycles. The third kappa shape index (κ3) is 3.52. The van der Waals surface area contributed by atoms with Crippen molar-refractivity contribution >= 4 is 0 Å². The Morgan fingerprint density at radius 1 is 1.30 bits per heavy atom. The van der Waals surface area contributed by atoms with Crippen molar-refractivity contribution < 1.29 is 13.2 Å². The molecular weight excluding hydrogens is 265 g/mol. The average Bonchev–Trinajstić information content (AvgIpc) is 2.40. The van der Waals surface area contributed by atoms with Crippen molar-refractivity contribution in [2.24, 2.45) is 17.6 Å². The lowest BCUT2D eigenvalue weighted by molar-refractivity contribution is -0.138. The van der Waals surface area contributed by atoms with Crippen molar-refractivity contribution in [1.29, 1.82) is 0 Å². The second-order valence-corrected chi connectivity index (χ2v) is 5.65. The lowest BCUT2D eigenvalue weighted by Crippen LogP contribution is -2.42. The normalized spacial score (nSPS) is 24.9. The van der Waals surface area contributed by atoms with Gasteiger partial charge in [-0.1, -0.05) is 25.1 Å². The average molecular weight is 286 g/mol. The molecule has 0 radical (unpaired) electrons. The molecule has 0 spiro atoms. The van der Waals surface area contributed by atoms with E-state index in [0.717, 1.165) is 25.6 Å². The molecule has 1 heterocycles. The second kappa shape index (κ2) is 6.14. The van der Waals surface area contributed by atoms with E-state index in [-0.39, 0.29) is 0 Å². The van der Waals surface area contributed by atoms with Crippen LogP contribution in [-0.2, 0) is 12.7 Å². The Morgan fingerprint density at radius 2 is 2.00 bits per heavy atom. The van der Waals surface area contributed by atoms with Crippen molar-refractivity contribution in [3.05, 3.63) is 35.4 Å². The van der Waals surface area contributed by atoms with Gasteiger partial charge >= 0.3 is 6.18 Å². The molecule has 0 aromatic heterocycles. The number of nitrogens with zero attached hydrogens (tertiary/aromatic N) is 1. The van der Waals surface area contributed by atoms with Gasteiger partial charge in [-0.2, -0.15) is 13.2 Å². The summed E-state index contributed by atoms with van der Waals surface area (Å²) in [6, 6.07) is 5.82. The molecule has 112 valence electrons. The molecule has 1 fully saturated rings. The first-order valence-corrected chi connectivity index (χ1v) is 6.99. The third-order valence-corrected chi connectivity index (χ3v) is 4.22. The van der Waals surface area contributed by atoms with Crippen LogP contribution in [-0.4, -0.2) is 24.5 Å². The van der Waals surface area contributed by atoms with Crippen LogP contribution >= 0.6 is 0 Å². The molecule has 2 unspecified atom stereocenters. The number of hydrogen-bond donors (Lipinski definition) is 1. The van der Waals surface area contributed by atoms with Gasteiger partial charge in [0.2, 0.25) is 0 Å². The van der Waals surface area contributed by atoms with Crippen LogP contribution in [0.15, 0.2) is 24.3 Å². The van der Waals surface area contributed by atoms with Crippen molar-refractivity contribution in [3.63, 3.8) is 0 Å². The van der Waals surface area contributed by atoms with E-state index in [1.54, 1.807) is 12.1 Å².